The van der Waals surface area contributed by atoms with Gasteiger partial charge in [0.15, 0.2) is 5.78 Å². The summed E-state index contributed by atoms with van der Waals surface area (Å²) >= 11 is 0. The zero-order valence-corrected chi connectivity index (χ0v) is 11.6. The number of pyridine rings is 1. The number of ketones is 1. The van der Waals surface area contributed by atoms with E-state index in [9.17, 15) is 14.9 Å². The van der Waals surface area contributed by atoms with E-state index in [4.69, 9.17) is 0 Å². The van der Waals surface area contributed by atoms with Gasteiger partial charge in [0, 0.05) is 36.5 Å². The molecule has 1 N–H and O–H groups in total. The van der Waals surface area contributed by atoms with Crippen LogP contribution in [0.4, 0.5) is 11.4 Å². The third-order valence-corrected chi connectivity index (χ3v) is 3.02. The maximum atomic E-state index is 11.3. The highest BCUT2D eigenvalue weighted by Crippen LogP contribution is 2.25. The van der Waals surface area contributed by atoms with Gasteiger partial charge in [-0.1, -0.05) is 6.07 Å². The predicted molar refractivity (Wildman–Crippen MR) is 79.5 cm³/mol. The first-order valence-electron chi connectivity index (χ1n) is 6.51. The molecule has 0 spiro atoms. The van der Waals surface area contributed by atoms with Crippen molar-refractivity contribution in [2.24, 2.45) is 0 Å². The van der Waals surface area contributed by atoms with Crippen LogP contribution >= 0.6 is 0 Å². The Labute approximate surface area is 122 Å². The number of carbonyl (C=O) groups is 1. The van der Waals surface area contributed by atoms with Crippen LogP contribution in [0.15, 0.2) is 42.6 Å². The highest BCUT2D eigenvalue weighted by molar-refractivity contribution is 5.95. The number of aromatic nitrogens is 1. The highest BCUT2D eigenvalue weighted by Gasteiger charge is 2.15. The van der Waals surface area contributed by atoms with Crippen molar-refractivity contribution in [2.45, 2.75) is 13.3 Å². The molecule has 0 aliphatic heterocycles. The van der Waals surface area contributed by atoms with Crippen LogP contribution in [0.3, 0.4) is 0 Å². The minimum atomic E-state index is -0.491. The molecule has 21 heavy (non-hydrogen) atoms. The lowest BCUT2D eigenvalue weighted by molar-refractivity contribution is -0.384. The van der Waals surface area contributed by atoms with Gasteiger partial charge in [0.2, 0.25) is 0 Å². The van der Waals surface area contributed by atoms with Gasteiger partial charge in [-0.15, -0.1) is 0 Å². The molecule has 1 aromatic heterocycles. The van der Waals surface area contributed by atoms with Crippen molar-refractivity contribution >= 4 is 17.2 Å². The fourth-order valence-electron chi connectivity index (χ4n) is 1.92. The lowest BCUT2D eigenvalue weighted by atomic mass is 10.1. The monoisotopic (exact) mass is 285 g/mol. The molecule has 0 saturated heterocycles. The van der Waals surface area contributed by atoms with Crippen LogP contribution in [0.5, 0.6) is 0 Å². The zero-order chi connectivity index (χ0) is 15.2. The molecule has 6 nitrogen and oxygen atoms in total. The molecule has 0 amide bonds. The number of rotatable bonds is 6. The molecule has 0 aliphatic rings. The van der Waals surface area contributed by atoms with Gasteiger partial charge in [-0.3, -0.25) is 19.9 Å². The van der Waals surface area contributed by atoms with Crippen LogP contribution in [0.25, 0.3) is 0 Å². The quantitative estimate of drug-likeness (QED) is 0.501. The number of nitro benzene ring substituents is 1. The first-order valence-corrected chi connectivity index (χ1v) is 6.51. The molecular weight excluding hydrogens is 270 g/mol. The van der Waals surface area contributed by atoms with E-state index in [0.717, 1.165) is 5.69 Å². The van der Waals surface area contributed by atoms with Crippen LogP contribution < -0.4 is 5.32 Å². The molecule has 0 saturated carbocycles. The number of benzene rings is 1. The van der Waals surface area contributed by atoms with Crippen molar-refractivity contribution in [2.75, 3.05) is 11.9 Å². The second-order valence-corrected chi connectivity index (χ2v) is 4.54. The SMILES string of the molecule is CC(=O)c1ccc(NCCc2ccccn2)c([N+](=O)[O-])c1. The molecule has 0 bridgehead atoms. The van der Waals surface area contributed by atoms with E-state index in [1.54, 1.807) is 18.3 Å². The summed E-state index contributed by atoms with van der Waals surface area (Å²) in [4.78, 5) is 26.0. The third-order valence-electron chi connectivity index (χ3n) is 3.02. The van der Waals surface area contributed by atoms with Crippen LogP contribution in [-0.2, 0) is 6.42 Å². The normalized spacial score (nSPS) is 10.1. The molecule has 108 valence electrons. The van der Waals surface area contributed by atoms with Crippen LogP contribution in [0.2, 0.25) is 0 Å². The van der Waals surface area contributed by atoms with Crippen LogP contribution in [0, 0.1) is 10.1 Å². The second-order valence-electron chi connectivity index (χ2n) is 4.54. The van der Waals surface area contributed by atoms with Gasteiger partial charge in [-0.05, 0) is 31.2 Å². The van der Waals surface area contributed by atoms with E-state index in [0.29, 0.717) is 24.2 Å². The van der Waals surface area contributed by atoms with Gasteiger partial charge in [0.1, 0.15) is 5.69 Å². The lowest BCUT2D eigenvalue weighted by Crippen LogP contribution is -2.08. The summed E-state index contributed by atoms with van der Waals surface area (Å²) in [6.07, 6.45) is 2.37. The van der Waals surface area contributed by atoms with E-state index < -0.39 is 4.92 Å². The Morgan fingerprint density at radius 3 is 2.76 bits per heavy atom. The molecule has 6 heteroatoms. The van der Waals surface area contributed by atoms with Gasteiger partial charge in [-0.25, -0.2) is 0 Å². The van der Waals surface area contributed by atoms with Crippen molar-refractivity contribution in [3.63, 3.8) is 0 Å². The van der Waals surface area contributed by atoms with Gasteiger partial charge >= 0.3 is 0 Å². The summed E-state index contributed by atoms with van der Waals surface area (Å²) in [7, 11) is 0. The largest absolute Gasteiger partial charge is 0.379 e. The maximum absolute atomic E-state index is 11.3. The summed E-state index contributed by atoms with van der Waals surface area (Å²) in [5.41, 5.74) is 1.55. The highest BCUT2D eigenvalue weighted by atomic mass is 16.6. The number of hydrogen-bond acceptors (Lipinski definition) is 5. The Balaban J connectivity index is 2.09. The van der Waals surface area contributed by atoms with E-state index >= 15 is 0 Å². The Morgan fingerprint density at radius 2 is 2.14 bits per heavy atom. The average Bonchev–Trinajstić information content (AvgIpc) is 2.48. The lowest BCUT2D eigenvalue weighted by Gasteiger charge is -2.07. The van der Waals surface area contributed by atoms with E-state index in [1.807, 2.05) is 18.2 Å². The molecule has 1 aromatic carbocycles. The zero-order valence-electron chi connectivity index (χ0n) is 11.6. The molecule has 0 atom stereocenters. The molecular formula is C15H15N3O3. The number of anilines is 1. The molecule has 2 rings (SSSR count). The number of nitrogens with zero attached hydrogens (tertiary/aromatic N) is 2. The summed E-state index contributed by atoms with van der Waals surface area (Å²) in [5, 5.41) is 14.1. The van der Waals surface area contributed by atoms with Crippen molar-refractivity contribution in [3.8, 4) is 0 Å². The Morgan fingerprint density at radius 1 is 1.33 bits per heavy atom. The van der Waals surface area contributed by atoms with Gasteiger partial charge in [-0.2, -0.15) is 0 Å². The summed E-state index contributed by atoms with van der Waals surface area (Å²) in [6.45, 7) is 1.91. The summed E-state index contributed by atoms with van der Waals surface area (Å²) in [5.74, 6) is -0.196. The maximum Gasteiger partial charge on any atom is 0.293 e. The third kappa shape index (κ3) is 3.85. The van der Waals surface area contributed by atoms with Crippen molar-refractivity contribution in [1.82, 2.24) is 4.98 Å². The topological polar surface area (TPSA) is 85.1 Å². The fraction of sp³-hybridized carbons (Fsp3) is 0.200. The predicted octanol–water partition coefficient (Wildman–Crippen LogP) is 2.85. The first-order chi connectivity index (χ1) is 10.1. The molecule has 0 radical (unpaired) electrons. The number of nitro groups is 1. The molecule has 0 unspecified atom stereocenters. The van der Waals surface area contributed by atoms with E-state index in [-0.39, 0.29) is 11.5 Å². The van der Waals surface area contributed by atoms with Gasteiger partial charge in [0.05, 0.1) is 4.92 Å². The second kappa shape index (κ2) is 6.60. The van der Waals surface area contributed by atoms with E-state index in [2.05, 4.69) is 10.3 Å². The van der Waals surface area contributed by atoms with Crippen molar-refractivity contribution < 1.29 is 9.72 Å². The number of carbonyl (C=O) groups excluding carboxylic acids is 1. The standard InChI is InChI=1S/C15H15N3O3/c1-11(19)12-5-6-14(15(10-12)18(20)21)17-9-7-13-4-2-3-8-16-13/h2-6,8,10,17H,7,9H2,1H3. The first kappa shape index (κ1) is 14.6. The average molecular weight is 285 g/mol. The van der Waals surface area contributed by atoms with E-state index in [1.165, 1.54) is 13.0 Å². The minimum Gasteiger partial charge on any atom is -0.379 e. The number of nitrogens with one attached hydrogen (secondary N) is 1. The Kier molecular flexibility index (Phi) is 4.61. The van der Waals surface area contributed by atoms with Crippen LogP contribution in [0.1, 0.15) is 23.0 Å². The summed E-state index contributed by atoms with van der Waals surface area (Å²) in [6, 6.07) is 10.1. The molecule has 2 aromatic rings. The minimum absolute atomic E-state index is 0.0938. The number of hydrogen-bond donors (Lipinski definition) is 1. The van der Waals surface area contributed by atoms with Gasteiger partial charge < -0.3 is 5.32 Å². The molecule has 0 aliphatic carbocycles. The Hall–Kier alpha value is -2.76. The number of Topliss-reactive ketones (excluding diaryl/α,β-unsaturated/α-hetero) is 1. The smallest absolute Gasteiger partial charge is 0.293 e. The van der Waals surface area contributed by atoms with Gasteiger partial charge in [0.25, 0.3) is 5.69 Å². The fourth-order valence-corrected chi connectivity index (χ4v) is 1.92. The molecule has 1 heterocycles. The van der Waals surface area contributed by atoms with Crippen LogP contribution in [-0.4, -0.2) is 22.2 Å². The molecule has 0 fully saturated rings. The van der Waals surface area contributed by atoms with Crippen molar-refractivity contribution in [3.05, 3.63) is 64.0 Å². The Bertz CT molecular complexity index is 656. The van der Waals surface area contributed by atoms with Crippen molar-refractivity contribution in [1.29, 1.82) is 0 Å². The summed E-state index contributed by atoms with van der Waals surface area (Å²) < 4.78 is 0.